The molecule has 0 spiro atoms. The van der Waals surface area contributed by atoms with E-state index in [0.717, 1.165) is 35.4 Å². The van der Waals surface area contributed by atoms with Gasteiger partial charge in [0.1, 0.15) is 6.54 Å². The third-order valence-electron chi connectivity index (χ3n) is 5.42. The maximum atomic E-state index is 12.8. The Morgan fingerprint density at radius 3 is 2.19 bits per heavy atom. The summed E-state index contributed by atoms with van der Waals surface area (Å²) in [5, 5.41) is 2.66. The zero-order valence-electron chi connectivity index (χ0n) is 18.3. The number of amides is 1. The second kappa shape index (κ2) is 10.0. The molecule has 0 saturated carbocycles. The fourth-order valence-corrected chi connectivity index (χ4v) is 6.13. The summed E-state index contributed by atoms with van der Waals surface area (Å²) in [6.45, 7) is 2.56. The van der Waals surface area contributed by atoms with Crippen molar-refractivity contribution in [3.05, 3.63) is 54.1 Å². The van der Waals surface area contributed by atoms with Gasteiger partial charge in [-0.3, -0.25) is 9.10 Å². The van der Waals surface area contributed by atoms with Gasteiger partial charge in [0.2, 0.25) is 26.0 Å². The average molecular weight is 480 g/mol. The molecule has 0 radical (unpaired) electrons. The number of piperidine rings is 1. The first-order valence-electron chi connectivity index (χ1n) is 10.6. The van der Waals surface area contributed by atoms with Gasteiger partial charge in [-0.15, -0.1) is 0 Å². The molecule has 1 amide bonds. The second-order valence-electron chi connectivity index (χ2n) is 7.79. The number of rotatable bonds is 8. The van der Waals surface area contributed by atoms with Crippen LogP contribution in [0, 0.1) is 0 Å². The van der Waals surface area contributed by atoms with Gasteiger partial charge in [-0.25, -0.2) is 16.8 Å². The smallest absolute Gasteiger partial charge is 0.245 e. The highest BCUT2D eigenvalue weighted by atomic mass is 32.2. The quantitative estimate of drug-likeness (QED) is 0.627. The first-order chi connectivity index (χ1) is 15.1. The molecule has 1 fully saturated rings. The Morgan fingerprint density at radius 2 is 1.59 bits per heavy atom. The van der Waals surface area contributed by atoms with Crippen molar-refractivity contribution < 1.29 is 21.6 Å². The Balaban J connectivity index is 1.73. The number of anilines is 2. The molecule has 1 saturated heterocycles. The fourth-order valence-electron chi connectivity index (χ4n) is 3.73. The maximum Gasteiger partial charge on any atom is 0.245 e. The van der Waals surface area contributed by atoms with Gasteiger partial charge in [0.15, 0.2) is 0 Å². The number of carbonyl (C=O) groups is 1. The van der Waals surface area contributed by atoms with Crippen LogP contribution in [0.2, 0.25) is 0 Å². The fraction of sp³-hybridized carbons (Fsp3) is 0.409. The van der Waals surface area contributed by atoms with E-state index in [9.17, 15) is 21.6 Å². The summed E-state index contributed by atoms with van der Waals surface area (Å²) in [6, 6.07) is 13.0. The van der Waals surface area contributed by atoms with Crippen molar-refractivity contribution >= 4 is 37.3 Å². The van der Waals surface area contributed by atoms with E-state index in [1.54, 1.807) is 12.1 Å². The van der Waals surface area contributed by atoms with E-state index in [2.05, 4.69) is 5.32 Å². The third kappa shape index (κ3) is 5.67. The normalized spacial score (nSPS) is 15.3. The monoisotopic (exact) mass is 479 g/mol. The lowest BCUT2D eigenvalue weighted by Crippen LogP contribution is -2.38. The SMILES string of the molecule is CCc1ccccc1N(CC(=O)Nc1ccc(S(=O)(=O)N2CCCCC2)cc1)S(C)(=O)=O. The summed E-state index contributed by atoms with van der Waals surface area (Å²) in [6.07, 6.45) is 4.42. The zero-order valence-corrected chi connectivity index (χ0v) is 20.0. The van der Waals surface area contributed by atoms with Gasteiger partial charge >= 0.3 is 0 Å². The van der Waals surface area contributed by atoms with E-state index < -0.39 is 26.0 Å². The minimum absolute atomic E-state index is 0.173. The second-order valence-corrected chi connectivity index (χ2v) is 11.6. The third-order valence-corrected chi connectivity index (χ3v) is 8.46. The molecule has 0 aromatic heterocycles. The molecule has 32 heavy (non-hydrogen) atoms. The van der Waals surface area contributed by atoms with E-state index in [4.69, 9.17) is 0 Å². The molecule has 10 heteroatoms. The largest absolute Gasteiger partial charge is 0.325 e. The van der Waals surface area contributed by atoms with Crippen LogP contribution in [0.25, 0.3) is 0 Å². The number of benzene rings is 2. The molecule has 8 nitrogen and oxygen atoms in total. The number of nitrogens with one attached hydrogen (secondary N) is 1. The summed E-state index contributed by atoms with van der Waals surface area (Å²) in [5.74, 6) is -0.520. The molecule has 1 aliphatic heterocycles. The summed E-state index contributed by atoms with van der Waals surface area (Å²) >= 11 is 0. The Bertz CT molecular complexity index is 1160. The van der Waals surface area contributed by atoms with Crippen LogP contribution in [0.4, 0.5) is 11.4 Å². The van der Waals surface area contributed by atoms with Crippen molar-refractivity contribution in [2.24, 2.45) is 0 Å². The van der Waals surface area contributed by atoms with Gasteiger partial charge in [0.05, 0.1) is 16.8 Å². The number of sulfonamides is 2. The van der Waals surface area contributed by atoms with E-state index in [1.165, 1.54) is 28.6 Å². The minimum atomic E-state index is -3.69. The lowest BCUT2D eigenvalue weighted by molar-refractivity contribution is -0.114. The Labute approximate surface area is 190 Å². The molecule has 0 aliphatic carbocycles. The highest BCUT2D eigenvalue weighted by molar-refractivity contribution is 7.92. The first-order valence-corrected chi connectivity index (χ1v) is 13.9. The summed E-state index contributed by atoms with van der Waals surface area (Å²) in [7, 11) is -7.25. The van der Waals surface area contributed by atoms with Crippen LogP contribution in [0.1, 0.15) is 31.7 Å². The Hall–Kier alpha value is -2.43. The predicted molar refractivity (Wildman–Crippen MR) is 126 cm³/mol. The van der Waals surface area contributed by atoms with Crippen LogP contribution in [-0.2, 0) is 31.3 Å². The molecule has 1 heterocycles. The van der Waals surface area contributed by atoms with Crippen LogP contribution in [-0.4, -0.2) is 52.9 Å². The van der Waals surface area contributed by atoms with Gasteiger partial charge in [-0.2, -0.15) is 4.31 Å². The number of aryl methyl sites for hydroxylation is 1. The molecular formula is C22H29N3O5S2. The van der Waals surface area contributed by atoms with Crippen LogP contribution in [0.15, 0.2) is 53.4 Å². The van der Waals surface area contributed by atoms with Gasteiger partial charge in [-0.1, -0.05) is 31.5 Å². The van der Waals surface area contributed by atoms with Crippen LogP contribution < -0.4 is 9.62 Å². The number of hydrogen-bond donors (Lipinski definition) is 1. The number of para-hydroxylation sites is 1. The Morgan fingerprint density at radius 1 is 0.969 bits per heavy atom. The van der Waals surface area contributed by atoms with E-state index in [1.807, 2.05) is 19.1 Å². The van der Waals surface area contributed by atoms with Gasteiger partial charge in [-0.05, 0) is 55.2 Å². The molecular weight excluding hydrogens is 450 g/mol. The topological polar surface area (TPSA) is 104 Å². The van der Waals surface area contributed by atoms with Crippen molar-refractivity contribution in [1.82, 2.24) is 4.31 Å². The molecule has 0 atom stereocenters. The Kier molecular flexibility index (Phi) is 7.58. The summed E-state index contributed by atoms with van der Waals surface area (Å²) in [4.78, 5) is 12.8. The van der Waals surface area contributed by atoms with Gasteiger partial charge < -0.3 is 5.32 Å². The van der Waals surface area contributed by atoms with Crippen LogP contribution in [0.3, 0.4) is 0 Å². The maximum absolute atomic E-state index is 12.8. The summed E-state index contributed by atoms with van der Waals surface area (Å²) in [5.41, 5.74) is 1.68. The van der Waals surface area contributed by atoms with Crippen molar-refractivity contribution in [2.75, 3.05) is 35.5 Å². The van der Waals surface area contributed by atoms with Crippen LogP contribution >= 0.6 is 0 Å². The standard InChI is InChI=1S/C22H29N3O5S2/c1-3-18-9-5-6-10-21(18)25(31(2,27)28)17-22(26)23-19-11-13-20(14-12-19)32(29,30)24-15-7-4-8-16-24/h5-6,9-14H,3-4,7-8,15-17H2,1-2H3,(H,23,26). The van der Waals surface area contributed by atoms with Gasteiger partial charge in [0.25, 0.3) is 0 Å². The number of nitrogens with zero attached hydrogens (tertiary/aromatic N) is 2. The van der Waals surface area contributed by atoms with Crippen LogP contribution in [0.5, 0.6) is 0 Å². The first kappa shape index (κ1) is 24.2. The van der Waals surface area contributed by atoms with E-state index in [-0.39, 0.29) is 11.4 Å². The highest BCUT2D eigenvalue weighted by Gasteiger charge is 2.26. The molecule has 0 unspecified atom stereocenters. The zero-order chi connectivity index (χ0) is 23.4. The molecule has 174 valence electrons. The lowest BCUT2D eigenvalue weighted by atomic mass is 10.1. The van der Waals surface area contributed by atoms with E-state index >= 15 is 0 Å². The minimum Gasteiger partial charge on any atom is -0.325 e. The van der Waals surface area contributed by atoms with Crippen molar-refractivity contribution in [2.45, 2.75) is 37.5 Å². The molecule has 1 aliphatic rings. The number of carbonyl (C=O) groups excluding carboxylic acids is 1. The average Bonchev–Trinajstić information content (AvgIpc) is 2.77. The van der Waals surface area contributed by atoms with Crippen molar-refractivity contribution in [3.8, 4) is 0 Å². The van der Waals surface area contributed by atoms with Crippen molar-refractivity contribution in [1.29, 1.82) is 0 Å². The van der Waals surface area contributed by atoms with E-state index in [0.29, 0.717) is 30.9 Å². The van der Waals surface area contributed by atoms with Crippen molar-refractivity contribution in [3.63, 3.8) is 0 Å². The summed E-state index contributed by atoms with van der Waals surface area (Å²) < 4.78 is 52.8. The van der Waals surface area contributed by atoms with Gasteiger partial charge in [0, 0.05) is 18.8 Å². The lowest BCUT2D eigenvalue weighted by Gasteiger charge is -2.26. The molecule has 2 aromatic carbocycles. The molecule has 1 N–H and O–H groups in total. The molecule has 2 aromatic rings. The highest BCUT2D eigenvalue weighted by Crippen LogP contribution is 2.24. The predicted octanol–water partition coefficient (Wildman–Crippen LogP) is 2.83. The molecule has 3 rings (SSSR count). The number of hydrogen-bond acceptors (Lipinski definition) is 5. The molecule has 0 bridgehead atoms.